The molecule has 0 aliphatic heterocycles. The molecule has 242 valence electrons. The maximum Gasteiger partial charge on any atom is 0.0725 e. The van der Waals surface area contributed by atoms with Gasteiger partial charge in [0.1, 0.15) is 0 Å². The lowest BCUT2D eigenvalue weighted by molar-refractivity contribution is 0.794. The van der Waals surface area contributed by atoms with E-state index in [9.17, 15) is 0 Å². The minimum atomic E-state index is -0.355. The summed E-state index contributed by atoms with van der Waals surface area (Å²) in [6.07, 6.45) is 0. The summed E-state index contributed by atoms with van der Waals surface area (Å²) in [5, 5.41) is 2.46. The van der Waals surface area contributed by atoms with Crippen LogP contribution in [0.2, 0.25) is 0 Å². The molecule has 0 heterocycles. The second-order valence-corrected chi connectivity index (χ2v) is 14.3. The van der Waals surface area contributed by atoms with Crippen molar-refractivity contribution in [3.8, 4) is 33.4 Å². The summed E-state index contributed by atoms with van der Waals surface area (Å²) in [7, 11) is 0. The van der Waals surface area contributed by atoms with Crippen LogP contribution in [0.5, 0.6) is 0 Å². The molecule has 8 aromatic carbocycles. The Labute approximate surface area is 300 Å². The van der Waals surface area contributed by atoms with Crippen LogP contribution in [0.1, 0.15) is 38.9 Å². The minimum absolute atomic E-state index is 0.355. The fourth-order valence-corrected chi connectivity index (χ4v) is 9.26. The van der Waals surface area contributed by atoms with E-state index in [4.69, 9.17) is 0 Å². The predicted molar refractivity (Wildman–Crippen MR) is 215 cm³/mol. The molecule has 0 radical (unpaired) electrons. The summed E-state index contributed by atoms with van der Waals surface area (Å²) >= 11 is 0. The van der Waals surface area contributed by atoms with E-state index >= 15 is 0 Å². The fraction of sp³-hybridized carbons (Fsp3) is 0.0800. The normalized spacial score (nSPS) is 13.2. The van der Waals surface area contributed by atoms with Gasteiger partial charge in [-0.15, -0.1) is 0 Å². The van der Waals surface area contributed by atoms with Gasteiger partial charge in [0.15, 0.2) is 0 Å². The van der Waals surface area contributed by atoms with Gasteiger partial charge in [0.2, 0.25) is 0 Å². The van der Waals surface area contributed by atoms with Gasteiger partial charge in [-0.3, -0.25) is 0 Å². The summed E-state index contributed by atoms with van der Waals surface area (Å²) < 4.78 is 0. The molecule has 0 fully saturated rings. The third-order valence-corrected chi connectivity index (χ3v) is 11.4. The first-order valence-electron chi connectivity index (χ1n) is 17.9. The average Bonchev–Trinajstić information content (AvgIpc) is 3.63. The monoisotopic (exact) mass is 651 g/mol. The van der Waals surface area contributed by atoms with Crippen molar-refractivity contribution in [2.45, 2.75) is 26.2 Å². The quantitative estimate of drug-likeness (QED) is 0.183. The summed E-state index contributed by atoms with van der Waals surface area (Å²) in [5.74, 6) is 0. The molecule has 2 aliphatic carbocycles. The molecule has 10 rings (SSSR count). The van der Waals surface area contributed by atoms with E-state index in [2.05, 4.69) is 196 Å². The minimum Gasteiger partial charge on any atom is -0.310 e. The summed E-state index contributed by atoms with van der Waals surface area (Å²) in [6.45, 7) is 6.63. The van der Waals surface area contributed by atoms with Crippen LogP contribution in [-0.2, 0) is 5.41 Å². The molecule has 0 saturated heterocycles. The van der Waals surface area contributed by atoms with Crippen LogP contribution in [0.4, 0.5) is 17.1 Å². The molecule has 8 aromatic rings. The first-order chi connectivity index (χ1) is 25.0. The third kappa shape index (κ3) is 4.22. The Morgan fingerprint density at radius 2 is 0.882 bits per heavy atom. The van der Waals surface area contributed by atoms with E-state index in [1.54, 1.807) is 0 Å². The Bertz CT molecular complexity index is 2640. The maximum atomic E-state index is 2.46. The van der Waals surface area contributed by atoms with E-state index in [-0.39, 0.29) is 5.41 Å². The van der Waals surface area contributed by atoms with E-state index < -0.39 is 0 Å². The predicted octanol–water partition coefficient (Wildman–Crippen LogP) is 13.2. The van der Waals surface area contributed by atoms with Gasteiger partial charge < -0.3 is 4.90 Å². The largest absolute Gasteiger partial charge is 0.310 e. The van der Waals surface area contributed by atoms with Crippen molar-refractivity contribution < 1.29 is 0 Å². The molecule has 2 aliphatic rings. The summed E-state index contributed by atoms with van der Waals surface area (Å²) in [6, 6.07) is 63.5. The Hall–Kier alpha value is -6.18. The number of benzene rings is 8. The molecule has 1 spiro atoms. The molecule has 0 atom stereocenters. The average molecular weight is 652 g/mol. The van der Waals surface area contributed by atoms with Crippen LogP contribution in [-0.4, -0.2) is 0 Å². The molecular weight excluding hydrogens is 615 g/mol. The molecule has 1 nitrogen and oxygen atoms in total. The van der Waals surface area contributed by atoms with E-state index in [0.717, 1.165) is 11.4 Å². The first kappa shape index (κ1) is 29.7. The van der Waals surface area contributed by atoms with Gasteiger partial charge in [0.05, 0.1) is 11.1 Å². The Morgan fingerprint density at radius 1 is 0.373 bits per heavy atom. The number of aryl methyl sites for hydroxylation is 3. The van der Waals surface area contributed by atoms with Crippen LogP contribution in [0.25, 0.3) is 44.2 Å². The Balaban J connectivity index is 1.22. The molecule has 0 aromatic heterocycles. The number of hydrogen-bond acceptors (Lipinski definition) is 1. The van der Waals surface area contributed by atoms with Crippen molar-refractivity contribution in [1.82, 2.24) is 0 Å². The van der Waals surface area contributed by atoms with Gasteiger partial charge in [-0.2, -0.15) is 0 Å². The molecule has 0 saturated carbocycles. The highest BCUT2D eigenvalue weighted by Gasteiger charge is 2.51. The SMILES string of the molecule is Cc1ccc(-c2ccc(N(c3ccc4c(c3)-c3ccccc3C43c4ccccc4-c4ccccc43)c3cccc4ccccc34)cc2C)c(C)c1. The Kier molecular flexibility index (Phi) is 6.51. The number of anilines is 3. The molecule has 0 amide bonds. The standard InChI is InChI=1S/C50H37N/c1-32-23-26-38(33(2)29-32)39-27-24-36(30-34(39)3)51(49-22-12-14-35-13-4-5-15-40(35)49)37-25-28-48-44(31-37)43-18-8-11-21-47(43)50(48)45-19-9-6-16-41(45)42-17-7-10-20-46(42)50/h4-31H,1-3H3. The highest BCUT2D eigenvalue weighted by atomic mass is 15.1. The van der Waals surface area contributed by atoms with Gasteiger partial charge >= 0.3 is 0 Å². The van der Waals surface area contributed by atoms with Crippen molar-refractivity contribution in [2.24, 2.45) is 0 Å². The van der Waals surface area contributed by atoms with Crippen molar-refractivity contribution in [1.29, 1.82) is 0 Å². The number of nitrogens with zero attached hydrogens (tertiary/aromatic N) is 1. The van der Waals surface area contributed by atoms with E-state index in [1.807, 2.05) is 0 Å². The van der Waals surface area contributed by atoms with E-state index in [1.165, 1.54) is 88.8 Å². The molecule has 0 bridgehead atoms. The van der Waals surface area contributed by atoms with Crippen LogP contribution in [0.3, 0.4) is 0 Å². The van der Waals surface area contributed by atoms with Gasteiger partial charge in [-0.1, -0.05) is 145 Å². The zero-order valence-electron chi connectivity index (χ0n) is 29.1. The van der Waals surface area contributed by atoms with Crippen LogP contribution in [0.15, 0.2) is 170 Å². The number of fused-ring (bicyclic) bond motifs is 11. The van der Waals surface area contributed by atoms with Crippen LogP contribution >= 0.6 is 0 Å². The van der Waals surface area contributed by atoms with E-state index in [0.29, 0.717) is 0 Å². The lowest BCUT2D eigenvalue weighted by atomic mass is 9.70. The molecular formula is C50H37N. The van der Waals surface area contributed by atoms with Crippen molar-refractivity contribution in [3.05, 3.63) is 209 Å². The topological polar surface area (TPSA) is 3.24 Å². The van der Waals surface area contributed by atoms with Crippen molar-refractivity contribution in [2.75, 3.05) is 4.90 Å². The first-order valence-corrected chi connectivity index (χ1v) is 17.9. The zero-order chi connectivity index (χ0) is 34.3. The lowest BCUT2D eigenvalue weighted by Gasteiger charge is -2.31. The second kappa shape index (κ2) is 11.2. The highest BCUT2D eigenvalue weighted by Crippen LogP contribution is 2.63. The number of rotatable bonds is 4. The maximum absolute atomic E-state index is 2.46. The molecule has 0 unspecified atom stereocenters. The van der Waals surface area contributed by atoms with Crippen molar-refractivity contribution in [3.63, 3.8) is 0 Å². The molecule has 0 N–H and O–H groups in total. The van der Waals surface area contributed by atoms with Crippen molar-refractivity contribution >= 4 is 27.8 Å². The van der Waals surface area contributed by atoms with Gasteiger partial charge in [0, 0.05) is 16.8 Å². The van der Waals surface area contributed by atoms with Crippen LogP contribution < -0.4 is 4.90 Å². The van der Waals surface area contributed by atoms with Gasteiger partial charge in [-0.25, -0.2) is 0 Å². The highest BCUT2D eigenvalue weighted by molar-refractivity contribution is 6.01. The lowest BCUT2D eigenvalue weighted by Crippen LogP contribution is -2.25. The van der Waals surface area contributed by atoms with Gasteiger partial charge in [0.25, 0.3) is 0 Å². The number of hydrogen-bond donors (Lipinski definition) is 0. The Morgan fingerprint density at radius 3 is 1.55 bits per heavy atom. The molecule has 51 heavy (non-hydrogen) atoms. The van der Waals surface area contributed by atoms with Crippen LogP contribution in [0, 0.1) is 20.8 Å². The summed E-state index contributed by atoms with van der Waals surface area (Å²) in [4.78, 5) is 2.46. The van der Waals surface area contributed by atoms with Gasteiger partial charge in [-0.05, 0) is 123 Å². The zero-order valence-corrected chi connectivity index (χ0v) is 29.1. The fourth-order valence-electron chi connectivity index (χ4n) is 9.26. The second-order valence-electron chi connectivity index (χ2n) is 14.3. The molecule has 1 heteroatoms. The smallest absolute Gasteiger partial charge is 0.0725 e. The summed E-state index contributed by atoms with van der Waals surface area (Å²) in [5.41, 5.74) is 20.2. The third-order valence-electron chi connectivity index (χ3n) is 11.4.